The number of halogens is 1. The van der Waals surface area contributed by atoms with Gasteiger partial charge in [-0.05, 0) is 65.1 Å². The van der Waals surface area contributed by atoms with Crippen LogP contribution in [0.5, 0.6) is 11.5 Å². The van der Waals surface area contributed by atoms with E-state index in [9.17, 15) is 9.59 Å². The van der Waals surface area contributed by atoms with Gasteiger partial charge >= 0.3 is 5.97 Å². The highest BCUT2D eigenvalue weighted by Crippen LogP contribution is 2.25. The number of esters is 1. The molecule has 0 bridgehead atoms. The van der Waals surface area contributed by atoms with Crippen molar-refractivity contribution in [2.75, 3.05) is 11.9 Å². The van der Waals surface area contributed by atoms with E-state index >= 15 is 0 Å². The standard InChI is InChI=1S/C20H15IN2O4/c21-14-5-3-6-15(11-14)23-19(24)13-26-20(25)17-8-1-2-9-18(17)27-16-7-4-10-22-12-16/h1-12H,13H2,(H,23,24). The van der Waals surface area contributed by atoms with Gasteiger partial charge in [-0.15, -0.1) is 0 Å². The first kappa shape index (κ1) is 18.8. The van der Waals surface area contributed by atoms with Gasteiger partial charge in [-0.3, -0.25) is 9.78 Å². The van der Waals surface area contributed by atoms with Gasteiger partial charge in [0.15, 0.2) is 6.61 Å². The molecule has 1 N–H and O–H groups in total. The van der Waals surface area contributed by atoms with E-state index in [1.807, 2.05) is 18.2 Å². The third kappa shape index (κ3) is 5.52. The predicted octanol–water partition coefficient (Wildman–Crippen LogP) is 4.27. The first-order valence-corrected chi connectivity index (χ1v) is 9.09. The summed E-state index contributed by atoms with van der Waals surface area (Å²) < 4.78 is 11.8. The van der Waals surface area contributed by atoms with Gasteiger partial charge in [-0.1, -0.05) is 18.2 Å². The number of nitrogens with one attached hydrogen (secondary N) is 1. The summed E-state index contributed by atoms with van der Waals surface area (Å²) in [6.07, 6.45) is 3.16. The fourth-order valence-corrected chi connectivity index (χ4v) is 2.77. The topological polar surface area (TPSA) is 77.5 Å². The first-order valence-electron chi connectivity index (χ1n) is 8.01. The Bertz CT molecular complexity index is 947. The normalized spacial score (nSPS) is 10.1. The Balaban J connectivity index is 1.62. The Labute approximate surface area is 169 Å². The number of para-hydroxylation sites is 1. The number of nitrogens with zero attached hydrogens (tertiary/aromatic N) is 1. The number of aromatic nitrogens is 1. The number of amides is 1. The molecule has 136 valence electrons. The minimum absolute atomic E-state index is 0.225. The molecule has 1 amide bonds. The third-order valence-electron chi connectivity index (χ3n) is 3.41. The van der Waals surface area contributed by atoms with E-state index in [-0.39, 0.29) is 5.56 Å². The van der Waals surface area contributed by atoms with Crippen LogP contribution in [0.3, 0.4) is 0 Å². The molecule has 1 heterocycles. The van der Waals surface area contributed by atoms with Crippen molar-refractivity contribution < 1.29 is 19.1 Å². The lowest BCUT2D eigenvalue weighted by Gasteiger charge is -2.11. The lowest BCUT2D eigenvalue weighted by Crippen LogP contribution is -2.21. The number of rotatable bonds is 6. The van der Waals surface area contributed by atoms with Crippen molar-refractivity contribution in [2.45, 2.75) is 0 Å². The lowest BCUT2D eigenvalue weighted by molar-refractivity contribution is -0.119. The number of carbonyl (C=O) groups is 2. The number of hydrogen-bond donors (Lipinski definition) is 1. The molecular weight excluding hydrogens is 459 g/mol. The van der Waals surface area contributed by atoms with E-state index in [0.717, 1.165) is 3.57 Å². The fraction of sp³-hybridized carbons (Fsp3) is 0.0500. The maximum Gasteiger partial charge on any atom is 0.342 e. The van der Waals surface area contributed by atoms with Crippen LogP contribution in [-0.4, -0.2) is 23.5 Å². The molecule has 0 aliphatic rings. The Morgan fingerprint density at radius 3 is 2.67 bits per heavy atom. The van der Waals surface area contributed by atoms with Gasteiger partial charge in [0, 0.05) is 15.5 Å². The van der Waals surface area contributed by atoms with E-state index in [1.165, 1.54) is 6.20 Å². The van der Waals surface area contributed by atoms with Crippen LogP contribution >= 0.6 is 22.6 Å². The zero-order valence-corrected chi connectivity index (χ0v) is 16.3. The van der Waals surface area contributed by atoms with Gasteiger partial charge in [0.05, 0.1) is 6.20 Å². The molecule has 0 fully saturated rings. The minimum Gasteiger partial charge on any atom is -0.455 e. The summed E-state index contributed by atoms with van der Waals surface area (Å²) in [6.45, 7) is -0.397. The smallest absolute Gasteiger partial charge is 0.342 e. The number of carbonyl (C=O) groups excluding carboxylic acids is 2. The van der Waals surface area contributed by atoms with Gasteiger partial charge in [-0.25, -0.2) is 4.79 Å². The number of benzene rings is 2. The van der Waals surface area contributed by atoms with Crippen LogP contribution in [0.1, 0.15) is 10.4 Å². The van der Waals surface area contributed by atoms with Crippen molar-refractivity contribution in [3.63, 3.8) is 0 Å². The van der Waals surface area contributed by atoms with Crippen molar-refractivity contribution >= 4 is 40.2 Å². The van der Waals surface area contributed by atoms with Crippen LogP contribution in [0.4, 0.5) is 5.69 Å². The maximum atomic E-state index is 12.4. The molecule has 3 aromatic rings. The molecule has 27 heavy (non-hydrogen) atoms. The van der Waals surface area contributed by atoms with Crippen LogP contribution < -0.4 is 10.1 Å². The molecule has 0 saturated carbocycles. The molecule has 0 unspecified atom stereocenters. The predicted molar refractivity (Wildman–Crippen MR) is 109 cm³/mol. The van der Waals surface area contributed by atoms with Crippen molar-refractivity contribution in [1.82, 2.24) is 4.98 Å². The minimum atomic E-state index is -0.646. The fourth-order valence-electron chi connectivity index (χ4n) is 2.23. The number of anilines is 1. The monoisotopic (exact) mass is 474 g/mol. The highest BCUT2D eigenvalue weighted by atomic mass is 127. The van der Waals surface area contributed by atoms with Crippen molar-refractivity contribution in [1.29, 1.82) is 0 Å². The summed E-state index contributed by atoms with van der Waals surface area (Å²) >= 11 is 2.15. The van der Waals surface area contributed by atoms with Crippen LogP contribution in [-0.2, 0) is 9.53 Å². The van der Waals surface area contributed by atoms with E-state index in [2.05, 4.69) is 32.9 Å². The summed E-state index contributed by atoms with van der Waals surface area (Å²) in [5.74, 6) is -0.244. The molecule has 3 rings (SSSR count). The zero-order chi connectivity index (χ0) is 19.1. The maximum absolute atomic E-state index is 12.4. The molecule has 0 aliphatic carbocycles. The van der Waals surface area contributed by atoms with Crippen molar-refractivity contribution in [3.05, 3.63) is 82.2 Å². The number of hydrogen-bond acceptors (Lipinski definition) is 5. The number of ether oxygens (including phenoxy) is 2. The largest absolute Gasteiger partial charge is 0.455 e. The average molecular weight is 474 g/mol. The van der Waals surface area contributed by atoms with Crippen LogP contribution in [0, 0.1) is 3.57 Å². The van der Waals surface area contributed by atoms with E-state index in [0.29, 0.717) is 17.2 Å². The highest BCUT2D eigenvalue weighted by Gasteiger charge is 2.16. The molecule has 0 spiro atoms. The molecule has 0 saturated heterocycles. The second-order valence-electron chi connectivity index (χ2n) is 5.42. The molecular formula is C20H15IN2O4. The second kappa shape index (κ2) is 9.13. The number of pyridine rings is 1. The average Bonchev–Trinajstić information content (AvgIpc) is 2.67. The molecule has 0 atom stereocenters. The van der Waals surface area contributed by atoms with E-state index in [1.54, 1.807) is 48.7 Å². The van der Waals surface area contributed by atoms with E-state index < -0.39 is 18.5 Å². The van der Waals surface area contributed by atoms with Crippen LogP contribution in [0.25, 0.3) is 0 Å². The van der Waals surface area contributed by atoms with Crippen LogP contribution in [0.2, 0.25) is 0 Å². The van der Waals surface area contributed by atoms with Gasteiger partial charge in [-0.2, -0.15) is 0 Å². The highest BCUT2D eigenvalue weighted by molar-refractivity contribution is 14.1. The van der Waals surface area contributed by atoms with Crippen LogP contribution in [0.15, 0.2) is 73.1 Å². The van der Waals surface area contributed by atoms with E-state index in [4.69, 9.17) is 9.47 Å². The van der Waals surface area contributed by atoms with Gasteiger partial charge in [0.25, 0.3) is 5.91 Å². The Hall–Kier alpha value is -2.94. The second-order valence-corrected chi connectivity index (χ2v) is 6.67. The third-order valence-corrected chi connectivity index (χ3v) is 4.08. The summed E-state index contributed by atoms with van der Waals surface area (Å²) in [4.78, 5) is 28.3. The Morgan fingerprint density at radius 1 is 1.04 bits per heavy atom. The molecule has 0 aliphatic heterocycles. The summed E-state index contributed by atoms with van der Waals surface area (Å²) in [5, 5.41) is 2.68. The zero-order valence-electron chi connectivity index (χ0n) is 14.1. The first-order chi connectivity index (χ1) is 13.1. The Kier molecular flexibility index (Phi) is 6.37. The Morgan fingerprint density at radius 2 is 1.89 bits per heavy atom. The molecule has 7 heteroatoms. The van der Waals surface area contributed by atoms with Gasteiger partial charge in [0.2, 0.25) is 0 Å². The van der Waals surface area contributed by atoms with Gasteiger partial charge < -0.3 is 14.8 Å². The molecule has 1 aromatic heterocycles. The quantitative estimate of drug-likeness (QED) is 0.427. The molecule has 2 aromatic carbocycles. The van der Waals surface area contributed by atoms with Crippen molar-refractivity contribution in [2.24, 2.45) is 0 Å². The van der Waals surface area contributed by atoms with Gasteiger partial charge in [0.1, 0.15) is 17.1 Å². The summed E-state index contributed by atoms with van der Waals surface area (Å²) in [5.41, 5.74) is 0.867. The summed E-state index contributed by atoms with van der Waals surface area (Å²) in [6, 6.07) is 17.4. The lowest BCUT2D eigenvalue weighted by atomic mass is 10.2. The molecule has 6 nitrogen and oxygen atoms in total. The summed E-state index contributed by atoms with van der Waals surface area (Å²) in [7, 11) is 0. The van der Waals surface area contributed by atoms with Crippen molar-refractivity contribution in [3.8, 4) is 11.5 Å². The molecule has 0 radical (unpaired) electrons. The SMILES string of the molecule is O=C(COC(=O)c1ccccc1Oc1cccnc1)Nc1cccc(I)c1.